The predicted octanol–water partition coefficient (Wildman–Crippen LogP) is 1.35. The fraction of sp³-hybridized carbons (Fsp3) is 0.789. The maximum atomic E-state index is 12.3. The number of ether oxygens (including phenoxy) is 1. The molecule has 0 radical (unpaired) electrons. The molecule has 6 heteroatoms. The highest BCUT2D eigenvalue weighted by Gasteiger charge is 2.47. The van der Waals surface area contributed by atoms with E-state index in [2.05, 4.69) is 16.1 Å². The molecule has 1 N–H and O–H groups in total. The van der Waals surface area contributed by atoms with Crippen molar-refractivity contribution in [3.05, 3.63) is 0 Å². The molecule has 0 saturated carbocycles. The van der Waals surface area contributed by atoms with E-state index in [0.717, 1.165) is 58.2 Å². The number of amides is 2. The molecule has 2 unspecified atom stereocenters. The van der Waals surface area contributed by atoms with Gasteiger partial charge in [-0.15, -0.1) is 6.42 Å². The van der Waals surface area contributed by atoms with Crippen LogP contribution < -0.4 is 5.32 Å². The van der Waals surface area contributed by atoms with Crippen LogP contribution in [-0.4, -0.2) is 66.2 Å². The Bertz CT molecular complexity index is 577. The summed E-state index contributed by atoms with van der Waals surface area (Å²) in [5.74, 6) is 2.58. The van der Waals surface area contributed by atoms with Crippen LogP contribution in [0.15, 0.2) is 0 Å². The van der Waals surface area contributed by atoms with Crippen LogP contribution >= 0.6 is 0 Å². The maximum Gasteiger partial charge on any atom is 0.411 e. The van der Waals surface area contributed by atoms with Gasteiger partial charge in [-0.2, -0.15) is 0 Å². The summed E-state index contributed by atoms with van der Waals surface area (Å²) in [6.45, 7) is 3.05. The van der Waals surface area contributed by atoms with E-state index in [4.69, 9.17) is 11.2 Å². The Morgan fingerprint density at radius 1 is 1.24 bits per heavy atom. The lowest BCUT2D eigenvalue weighted by molar-refractivity contribution is -0.119. The minimum Gasteiger partial charge on any atom is -0.436 e. The molecule has 4 aliphatic rings. The van der Waals surface area contributed by atoms with Crippen LogP contribution in [0.5, 0.6) is 0 Å². The molecular weight excluding hydrogens is 318 g/mol. The second-order valence-electron chi connectivity index (χ2n) is 8.17. The van der Waals surface area contributed by atoms with E-state index in [1.54, 1.807) is 0 Å². The van der Waals surface area contributed by atoms with Crippen molar-refractivity contribution in [2.24, 2.45) is 5.41 Å². The van der Waals surface area contributed by atoms with Crippen molar-refractivity contribution >= 4 is 12.0 Å². The van der Waals surface area contributed by atoms with Gasteiger partial charge in [0.2, 0.25) is 5.91 Å². The Morgan fingerprint density at radius 2 is 1.92 bits per heavy atom. The summed E-state index contributed by atoms with van der Waals surface area (Å²) in [6.07, 6.45) is 12.1. The smallest absolute Gasteiger partial charge is 0.411 e. The number of nitrogens with one attached hydrogen (secondary N) is 1. The average molecular weight is 345 g/mol. The lowest BCUT2D eigenvalue weighted by atomic mass is 9.77. The minimum absolute atomic E-state index is 0.0547. The van der Waals surface area contributed by atoms with Gasteiger partial charge in [0.25, 0.3) is 0 Å². The highest BCUT2D eigenvalue weighted by Crippen LogP contribution is 2.42. The molecule has 4 rings (SSSR count). The first-order valence-corrected chi connectivity index (χ1v) is 9.49. The molecule has 4 saturated heterocycles. The summed E-state index contributed by atoms with van der Waals surface area (Å²) in [5.41, 5.74) is 0.201. The number of carbonyl (C=O) groups excluding carboxylic acids is 2. The molecule has 2 atom stereocenters. The van der Waals surface area contributed by atoms with Gasteiger partial charge in [0, 0.05) is 31.1 Å². The van der Waals surface area contributed by atoms with E-state index in [1.165, 1.54) is 0 Å². The second-order valence-corrected chi connectivity index (χ2v) is 8.17. The summed E-state index contributed by atoms with van der Waals surface area (Å²) in [4.78, 5) is 28.4. The molecular formula is C19H27N3O3. The minimum atomic E-state index is -0.239. The number of hydrogen-bond donors (Lipinski definition) is 1. The van der Waals surface area contributed by atoms with Gasteiger partial charge in [0.1, 0.15) is 0 Å². The van der Waals surface area contributed by atoms with E-state index < -0.39 is 0 Å². The van der Waals surface area contributed by atoms with Crippen molar-refractivity contribution in [3.63, 3.8) is 0 Å². The summed E-state index contributed by atoms with van der Waals surface area (Å²) in [6, 6.07) is 1.14. The average Bonchev–Trinajstić information content (AvgIpc) is 3.10. The van der Waals surface area contributed by atoms with Crippen LogP contribution in [-0.2, 0) is 9.53 Å². The molecule has 4 aliphatic heterocycles. The molecule has 136 valence electrons. The van der Waals surface area contributed by atoms with Crippen molar-refractivity contribution in [1.82, 2.24) is 15.1 Å². The molecule has 0 aliphatic carbocycles. The molecule has 25 heavy (non-hydrogen) atoms. The van der Waals surface area contributed by atoms with Gasteiger partial charge < -0.3 is 19.9 Å². The third kappa shape index (κ3) is 3.10. The number of likely N-dealkylation sites (tertiary alicyclic amines) is 1. The number of rotatable bonds is 2. The SMILES string of the molecule is C#CCOC(=O)N1C2CCC1CC(N1CCC3(CC1)CNC(=O)C3)C2. The first-order chi connectivity index (χ1) is 12.1. The molecule has 0 aromatic heterocycles. The van der Waals surface area contributed by atoms with Gasteiger partial charge in [-0.3, -0.25) is 4.79 Å². The van der Waals surface area contributed by atoms with E-state index in [0.29, 0.717) is 24.5 Å². The molecule has 4 fully saturated rings. The monoisotopic (exact) mass is 345 g/mol. The van der Waals surface area contributed by atoms with Crippen LogP contribution in [0.25, 0.3) is 0 Å². The van der Waals surface area contributed by atoms with E-state index in [1.807, 2.05) is 4.90 Å². The Labute approximate surface area is 149 Å². The van der Waals surface area contributed by atoms with Crippen molar-refractivity contribution in [2.75, 3.05) is 26.2 Å². The maximum absolute atomic E-state index is 12.3. The number of terminal acetylenes is 1. The standard InChI is InChI=1S/C19H27N3O3/c1-2-9-25-18(24)22-14-3-4-15(22)11-16(10-14)21-7-5-19(6-8-21)12-17(23)20-13-19/h1,14-16H,3-13H2,(H,20,23). The molecule has 2 bridgehead atoms. The largest absolute Gasteiger partial charge is 0.436 e. The third-order valence-electron chi connectivity index (χ3n) is 6.77. The molecule has 6 nitrogen and oxygen atoms in total. The Morgan fingerprint density at radius 3 is 2.48 bits per heavy atom. The van der Waals surface area contributed by atoms with E-state index in [-0.39, 0.29) is 24.0 Å². The van der Waals surface area contributed by atoms with Crippen LogP contribution in [0, 0.1) is 17.8 Å². The predicted molar refractivity (Wildman–Crippen MR) is 92.7 cm³/mol. The molecule has 0 aromatic rings. The van der Waals surface area contributed by atoms with Crippen molar-refractivity contribution in [2.45, 2.75) is 63.1 Å². The zero-order valence-corrected chi connectivity index (χ0v) is 14.7. The Hall–Kier alpha value is -1.74. The van der Waals surface area contributed by atoms with E-state index >= 15 is 0 Å². The summed E-state index contributed by atoms with van der Waals surface area (Å²) >= 11 is 0. The Balaban J connectivity index is 1.34. The zero-order valence-electron chi connectivity index (χ0n) is 14.7. The first-order valence-electron chi connectivity index (χ1n) is 9.49. The van der Waals surface area contributed by atoms with Gasteiger partial charge >= 0.3 is 6.09 Å². The van der Waals surface area contributed by atoms with Crippen LogP contribution in [0.2, 0.25) is 0 Å². The quantitative estimate of drug-likeness (QED) is 0.768. The fourth-order valence-electron chi connectivity index (χ4n) is 5.39. The van der Waals surface area contributed by atoms with Gasteiger partial charge in [-0.25, -0.2) is 4.79 Å². The van der Waals surface area contributed by atoms with Gasteiger partial charge in [-0.05, 0) is 57.0 Å². The lowest BCUT2D eigenvalue weighted by Crippen LogP contribution is -2.54. The summed E-state index contributed by atoms with van der Waals surface area (Å²) < 4.78 is 5.16. The highest BCUT2D eigenvalue weighted by molar-refractivity contribution is 5.79. The number of hydrogen-bond acceptors (Lipinski definition) is 4. The van der Waals surface area contributed by atoms with Gasteiger partial charge in [0.05, 0.1) is 0 Å². The zero-order chi connectivity index (χ0) is 17.4. The summed E-state index contributed by atoms with van der Waals surface area (Å²) in [7, 11) is 0. The third-order valence-corrected chi connectivity index (χ3v) is 6.77. The molecule has 0 aromatic carbocycles. The fourth-order valence-corrected chi connectivity index (χ4v) is 5.39. The van der Waals surface area contributed by atoms with Crippen LogP contribution in [0.1, 0.15) is 44.9 Å². The Kier molecular flexibility index (Phi) is 4.36. The van der Waals surface area contributed by atoms with Gasteiger partial charge in [-0.1, -0.05) is 5.92 Å². The van der Waals surface area contributed by atoms with Crippen molar-refractivity contribution in [3.8, 4) is 12.3 Å². The lowest BCUT2D eigenvalue weighted by Gasteiger charge is -2.46. The van der Waals surface area contributed by atoms with Crippen LogP contribution in [0.3, 0.4) is 0 Å². The van der Waals surface area contributed by atoms with E-state index in [9.17, 15) is 9.59 Å². The topological polar surface area (TPSA) is 61.9 Å². The number of piperidine rings is 2. The van der Waals surface area contributed by atoms with Crippen LogP contribution in [0.4, 0.5) is 4.79 Å². The normalized spacial score (nSPS) is 34.0. The molecule has 4 heterocycles. The van der Waals surface area contributed by atoms with Gasteiger partial charge in [0.15, 0.2) is 6.61 Å². The molecule has 1 spiro atoms. The first kappa shape index (κ1) is 16.7. The highest BCUT2D eigenvalue weighted by atomic mass is 16.6. The van der Waals surface area contributed by atoms with Crippen molar-refractivity contribution < 1.29 is 14.3 Å². The molecule has 2 amide bonds. The number of nitrogens with zero attached hydrogens (tertiary/aromatic N) is 2. The number of carbonyl (C=O) groups is 2. The second kappa shape index (κ2) is 6.53. The van der Waals surface area contributed by atoms with Crippen molar-refractivity contribution in [1.29, 1.82) is 0 Å². The summed E-state index contributed by atoms with van der Waals surface area (Å²) in [5, 5.41) is 3.00. The number of fused-ring (bicyclic) bond motifs is 2.